The highest BCUT2D eigenvalue weighted by atomic mass is 19.1. The molecule has 0 unspecified atom stereocenters. The first-order valence-electron chi connectivity index (χ1n) is 11.2. The summed E-state index contributed by atoms with van der Waals surface area (Å²) < 4.78 is 20.9. The molecule has 1 saturated heterocycles. The number of halogens is 1. The van der Waals surface area contributed by atoms with Crippen LogP contribution in [0.15, 0.2) is 54.9 Å². The Morgan fingerprint density at radius 3 is 2.80 bits per heavy atom. The van der Waals surface area contributed by atoms with E-state index in [-0.39, 0.29) is 24.2 Å². The Hall–Kier alpha value is -4.52. The average Bonchev–Trinajstić information content (AvgIpc) is 3.46. The molecule has 2 aromatic heterocycles. The van der Waals surface area contributed by atoms with Crippen molar-refractivity contribution in [2.75, 3.05) is 12.3 Å². The highest BCUT2D eigenvalue weighted by Crippen LogP contribution is 2.33. The maximum atomic E-state index is 13.4. The third-order valence-electron chi connectivity index (χ3n) is 6.03. The smallest absolute Gasteiger partial charge is 0.237 e. The molecule has 2 aromatic carbocycles. The summed E-state index contributed by atoms with van der Waals surface area (Å²) >= 11 is 0. The van der Waals surface area contributed by atoms with Gasteiger partial charge in [0.1, 0.15) is 41.6 Å². The van der Waals surface area contributed by atoms with Crippen molar-refractivity contribution in [2.45, 2.75) is 31.8 Å². The predicted octanol–water partition coefficient (Wildman–Crippen LogP) is 3.91. The van der Waals surface area contributed by atoms with Crippen LogP contribution in [0.25, 0.3) is 22.3 Å². The molecule has 10 heteroatoms. The normalized spacial score (nSPS) is 15.3. The Morgan fingerprint density at radius 1 is 1.20 bits per heavy atom. The molecule has 3 heterocycles. The number of nitriles is 1. The van der Waals surface area contributed by atoms with E-state index in [9.17, 15) is 9.18 Å². The summed E-state index contributed by atoms with van der Waals surface area (Å²) in [5.74, 6) is 0.707. The van der Waals surface area contributed by atoms with Crippen molar-refractivity contribution < 1.29 is 13.9 Å². The van der Waals surface area contributed by atoms with Crippen molar-refractivity contribution in [2.24, 2.45) is 0 Å². The number of nitrogen functional groups attached to an aromatic ring is 1. The summed E-state index contributed by atoms with van der Waals surface area (Å²) in [6.07, 6.45) is 2.95. The molecule has 9 nitrogen and oxygen atoms in total. The van der Waals surface area contributed by atoms with E-state index in [2.05, 4.69) is 9.97 Å². The van der Waals surface area contributed by atoms with Gasteiger partial charge in [0.15, 0.2) is 5.65 Å². The molecule has 35 heavy (non-hydrogen) atoms. The molecule has 1 fully saturated rings. The van der Waals surface area contributed by atoms with Gasteiger partial charge >= 0.3 is 0 Å². The minimum absolute atomic E-state index is 0.0787. The fraction of sp³-hybridized carbons (Fsp3) is 0.240. The molecule has 0 bridgehead atoms. The van der Waals surface area contributed by atoms with Crippen molar-refractivity contribution in [3.63, 3.8) is 0 Å². The number of nitrogens with two attached hydrogens (primary N) is 1. The van der Waals surface area contributed by atoms with Gasteiger partial charge in [0, 0.05) is 18.2 Å². The lowest BCUT2D eigenvalue weighted by molar-refractivity contribution is -0.131. The molecule has 0 spiro atoms. The molecular formula is C25H22FN7O2. The second kappa shape index (κ2) is 9.38. The monoisotopic (exact) mass is 471 g/mol. The van der Waals surface area contributed by atoms with Gasteiger partial charge in [-0.05, 0) is 49.2 Å². The van der Waals surface area contributed by atoms with Crippen LogP contribution in [0.2, 0.25) is 0 Å². The zero-order valence-corrected chi connectivity index (χ0v) is 18.8. The third-order valence-corrected chi connectivity index (χ3v) is 6.03. The third kappa shape index (κ3) is 4.48. The Kier molecular flexibility index (Phi) is 5.97. The topological polar surface area (TPSA) is 123 Å². The zero-order chi connectivity index (χ0) is 24.4. The number of amides is 1. The van der Waals surface area contributed by atoms with Gasteiger partial charge in [-0.3, -0.25) is 4.79 Å². The fourth-order valence-corrected chi connectivity index (χ4v) is 4.43. The molecule has 0 radical (unpaired) electrons. The number of carbonyl (C=O) groups excluding carboxylic acids is 1. The van der Waals surface area contributed by atoms with Crippen LogP contribution in [0.4, 0.5) is 10.2 Å². The number of aromatic nitrogens is 4. The number of hydrogen-bond acceptors (Lipinski definition) is 7. The van der Waals surface area contributed by atoms with Crippen LogP contribution < -0.4 is 10.5 Å². The highest BCUT2D eigenvalue weighted by molar-refractivity contribution is 5.98. The van der Waals surface area contributed by atoms with E-state index in [1.54, 1.807) is 33.8 Å². The lowest BCUT2D eigenvalue weighted by Crippen LogP contribution is -2.38. The maximum absolute atomic E-state index is 13.4. The summed E-state index contributed by atoms with van der Waals surface area (Å²) in [4.78, 5) is 22.7. The molecule has 1 aliphatic rings. The molecule has 4 aromatic rings. The van der Waals surface area contributed by atoms with Gasteiger partial charge in [0.25, 0.3) is 0 Å². The summed E-state index contributed by atoms with van der Waals surface area (Å²) in [7, 11) is 0. The number of ether oxygens (including phenoxy) is 1. The van der Waals surface area contributed by atoms with Gasteiger partial charge in [0.05, 0.1) is 24.0 Å². The van der Waals surface area contributed by atoms with Crippen LogP contribution in [-0.4, -0.2) is 43.1 Å². The summed E-state index contributed by atoms with van der Waals surface area (Å²) in [5, 5.41) is 14.3. The lowest BCUT2D eigenvalue weighted by atomic mass is 10.1. The molecule has 0 saturated carbocycles. The van der Waals surface area contributed by atoms with E-state index in [1.807, 2.05) is 18.2 Å². The molecular weight excluding hydrogens is 449 g/mol. The van der Waals surface area contributed by atoms with Crippen LogP contribution in [-0.2, 0) is 11.3 Å². The van der Waals surface area contributed by atoms with E-state index >= 15 is 0 Å². The van der Waals surface area contributed by atoms with Crippen molar-refractivity contribution >= 4 is 22.8 Å². The number of carbonyl (C=O) groups is 1. The Morgan fingerprint density at radius 2 is 2.03 bits per heavy atom. The van der Waals surface area contributed by atoms with E-state index in [4.69, 9.17) is 20.8 Å². The first kappa shape index (κ1) is 22.3. The number of hydrogen-bond donors (Lipinski definition) is 1. The molecule has 176 valence electrons. The fourth-order valence-electron chi connectivity index (χ4n) is 4.43. The van der Waals surface area contributed by atoms with E-state index in [1.165, 1.54) is 18.5 Å². The predicted molar refractivity (Wildman–Crippen MR) is 127 cm³/mol. The second-order valence-corrected chi connectivity index (χ2v) is 8.29. The van der Waals surface area contributed by atoms with E-state index < -0.39 is 0 Å². The number of anilines is 1. The van der Waals surface area contributed by atoms with Crippen LogP contribution in [0.5, 0.6) is 11.5 Å². The first-order valence-corrected chi connectivity index (χ1v) is 11.2. The summed E-state index contributed by atoms with van der Waals surface area (Å²) in [5.41, 5.74) is 8.19. The van der Waals surface area contributed by atoms with Gasteiger partial charge in [-0.25, -0.2) is 19.0 Å². The Labute approximate surface area is 200 Å². The van der Waals surface area contributed by atoms with Gasteiger partial charge in [-0.15, -0.1) is 0 Å². The highest BCUT2D eigenvalue weighted by Gasteiger charge is 2.30. The minimum atomic E-state index is -0.373. The second-order valence-electron chi connectivity index (χ2n) is 8.29. The van der Waals surface area contributed by atoms with E-state index in [0.29, 0.717) is 47.1 Å². The molecule has 1 aliphatic heterocycles. The maximum Gasteiger partial charge on any atom is 0.237 e. The minimum Gasteiger partial charge on any atom is -0.457 e. The Bertz CT molecular complexity index is 1430. The van der Waals surface area contributed by atoms with Crippen molar-refractivity contribution in [1.29, 1.82) is 5.26 Å². The van der Waals surface area contributed by atoms with Crippen LogP contribution >= 0.6 is 0 Å². The molecule has 5 rings (SSSR count). The number of likely N-dealkylation sites (tertiary alicyclic amines) is 1. The number of rotatable bonds is 6. The standard InChI is InChI=1S/C25H22FN7O2/c26-17-3-1-5-20(13-17)35-19-8-6-16(7-9-19)23-22-24(28)29-15-30-25(22)33(31-23)14-18-4-2-12-32(18)21(34)10-11-27/h1,3,5-9,13,15,18H,2,4,10,12,14H2,(H2,28,29,30)/t18-/m1/s1. The van der Waals surface area contributed by atoms with Gasteiger partial charge in [-0.2, -0.15) is 10.4 Å². The largest absolute Gasteiger partial charge is 0.457 e. The zero-order valence-electron chi connectivity index (χ0n) is 18.8. The quantitative estimate of drug-likeness (QED) is 0.452. The van der Waals surface area contributed by atoms with Crippen LogP contribution in [0.3, 0.4) is 0 Å². The Balaban J connectivity index is 1.45. The van der Waals surface area contributed by atoms with Gasteiger partial charge in [-0.1, -0.05) is 6.07 Å². The first-order chi connectivity index (χ1) is 17.0. The molecule has 1 amide bonds. The van der Waals surface area contributed by atoms with Crippen molar-refractivity contribution in [1.82, 2.24) is 24.6 Å². The number of fused-ring (bicyclic) bond motifs is 1. The van der Waals surface area contributed by atoms with E-state index in [0.717, 1.165) is 18.4 Å². The number of nitrogens with zero attached hydrogens (tertiary/aromatic N) is 6. The summed E-state index contributed by atoms with van der Waals surface area (Å²) in [6, 6.07) is 15.0. The average molecular weight is 471 g/mol. The van der Waals surface area contributed by atoms with Crippen LogP contribution in [0, 0.1) is 17.1 Å². The molecule has 2 N–H and O–H groups in total. The summed E-state index contributed by atoms with van der Waals surface area (Å²) in [6.45, 7) is 1.06. The van der Waals surface area contributed by atoms with Crippen LogP contribution in [0.1, 0.15) is 19.3 Å². The van der Waals surface area contributed by atoms with Crippen molar-refractivity contribution in [3.05, 3.63) is 60.7 Å². The van der Waals surface area contributed by atoms with Gasteiger partial charge in [0.2, 0.25) is 5.91 Å². The molecule has 1 atom stereocenters. The van der Waals surface area contributed by atoms with Gasteiger partial charge < -0.3 is 15.4 Å². The number of benzene rings is 2. The molecule has 0 aliphatic carbocycles. The SMILES string of the molecule is N#CCC(=O)N1CCC[C@@H]1Cn1nc(-c2ccc(Oc3cccc(F)c3)cc2)c2c(N)ncnc21. The van der Waals surface area contributed by atoms with Crippen molar-refractivity contribution in [3.8, 4) is 28.8 Å². The lowest BCUT2D eigenvalue weighted by Gasteiger charge is -2.23.